The van der Waals surface area contributed by atoms with E-state index in [-0.39, 0.29) is 11.9 Å². The van der Waals surface area contributed by atoms with E-state index in [4.69, 9.17) is 16.3 Å². The summed E-state index contributed by atoms with van der Waals surface area (Å²) in [6.45, 7) is 3.61. The van der Waals surface area contributed by atoms with Gasteiger partial charge in [0.05, 0.1) is 6.61 Å². The maximum Gasteiger partial charge on any atom is 0.221 e. The zero-order valence-corrected chi connectivity index (χ0v) is 8.64. The Balaban J connectivity index is 2.22. The fraction of sp³-hybridized carbons (Fsp3) is 0.889. The molecule has 3 nitrogen and oxygen atoms in total. The molecule has 1 rings (SSSR count). The van der Waals surface area contributed by atoms with Gasteiger partial charge in [0, 0.05) is 30.9 Å². The molecule has 1 amide bonds. The van der Waals surface area contributed by atoms with Gasteiger partial charge in [-0.1, -0.05) is 0 Å². The molecule has 0 aromatic rings. The summed E-state index contributed by atoms with van der Waals surface area (Å²) < 4.78 is 5.24. The zero-order chi connectivity index (χ0) is 9.68. The van der Waals surface area contributed by atoms with E-state index >= 15 is 0 Å². The Bertz CT molecular complexity index is 169. The molecule has 0 saturated carbocycles. The topological polar surface area (TPSA) is 38.3 Å². The smallest absolute Gasteiger partial charge is 0.221 e. The first-order valence-electron chi connectivity index (χ1n) is 4.67. The molecule has 4 heteroatoms. The largest absolute Gasteiger partial charge is 0.381 e. The number of alkyl halides is 1. The first kappa shape index (κ1) is 10.8. The van der Waals surface area contributed by atoms with Crippen LogP contribution in [0.2, 0.25) is 0 Å². The Hall–Kier alpha value is -0.280. The van der Waals surface area contributed by atoms with E-state index in [2.05, 4.69) is 5.32 Å². The van der Waals surface area contributed by atoms with Crippen molar-refractivity contribution in [2.45, 2.75) is 25.8 Å². The second-order valence-corrected chi connectivity index (χ2v) is 3.80. The van der Waals surface area contributed by atoms with Gasteiger partial charge in [-0.05, 0) is 13.3 Å². The van der Waals surface area contributed by atoms with E-state index in [1.165, 1.54) is 0 Å². The van der Waals surface area contributed by atoms with Crippen LogP contribution in [-0.2, 0) is 9.53 Å². The molecule has 0 radical (unpaired) electrons. The minimum absolute atomic E-state index is 0.0365. The minimum atomic E-state index is 0.0365. The molecule has 0 aromatic heterocycles. The van der Waals surface area contributed by atoms with E-state index < -0.39 is 0 Å². The van der Waals surface area contributed by atoms with E-state index in [1.54, 1.807) is 0 Å². The highest BCUT2D eigenvalue weighted by molar-refractivity contribution is 6.18. The average Bonchev–Trinajstić information content (AvgIpc) is 2.55. The Morgan fingerprint density at radius 3 is 3.08 bits per heavy atom. The van der Waals surface area contributed by atoms with Crippen molar-refractivity contribution in [2.24, 2.45) is 5.92 Å². The third-order valence-corrected chi connectivity index (χ3v) is 2.57. The molecular weight excluding hydrogens is 190 g/mol. The predicted molar refractivity (Wildman–Crippen MR) is 51.9 cm³/mol. The van der Waals surface area contributed by atoms with Gasteiger partial charge >= 0.3 is 0 Å². The Labute approximate surface area is 83.8 Å². The van der Waals surface area contributed by atoms with E-state index in [1.807, 2.05) is 6.92 Å². The lowest BCUT2D eigenvalue weighted by Crippen LogP contribution is -2.38. The summed E-state index contributed by atoms with van der Waals surface area (Å²) in [5.41, 5.74) is 0. The second-order valence-electron chi connectivity index (χ2n) is 3.42. The fourth-order valence-electron chi connectivity index (χ4n) is 1.48. The maximum atomic E-state index is 11.2. The summed E-state index contributed by atoms with van der Waals surface area (Å²) in [6.07, 6.45) is 1.45. The van der Waals surface area contributed by atoms with Crippen LogP contribution in [0.1, 0.15) is 19.8 Å². The number of halogens is 1. The molecule has 2 unspecified atom stereocenters. The number of amides is 1. The normalized spacial score (nSPS) is 24.3. The Morgan fingerprint density at radius 1 is 1.77 bits per heavy atom. The molecule has 76 valence electrons. The quantitative estimate of drug-likeness (QED) is 0.700. The van der Waals surface area contributed by atoms with Crippen molar-refractivity contribution < 1.29 is 9.53 Å². The van der Waals surface area contributed by atoms with Crippen molar-refractivity contribution in [3.05, 3.63) is 0 Å². The van der Waals surface area contributed by atoms with E-state index in [0.717, 1.165) is 19.6 Å². The lowest BCUT2D eigenvalue weighted by molar-refractivity contribution is -0.121. The van der Waals surface area contributed by atoms with Gasteiger partial charge in [0.1, 0.15) is 0 Å². The summed E-state index contributed by atoms with van der Waals surface area (Å²) in [5.74, 6) is 0.897. The lowest BCUT2D eigenvalue weighted by Gasteiger charge is -2.18. The first-order valence-corrected chi connectivity index (χ1v) is 5.20. The predicted octanol–water partition coefficient (Wildman–Crippen LogP) is 1.16. The average molecular weight is 206 g/mol. The molecule has 0 aromatic carbocycles. The molecule has 13 heavy (non-hydrogen) atoms. The summed E-state index contributed by atoms with van der Waals surface area (Å²) in [5, 5.41) is 2.92. The number of carbonyl (C=O) groups excluding carboxylic acids is 1. The molecule has 0 aliphatic carbocycles. The van der Waals surface area contributed by atoms with E-state index in [9.17, 15) is 4.79 Å². The molecule has 1 fully saturated rings. The number of hydrogen-bond acceptors (Lipinski definition) is 2. The van der Waals surface area contributed by atoms with Crippen molar-refractivity contribution in [1.29, 1.82) is 0 Å². The Morgan fingerprint density at radius 2 is 2.54 bits per heavy atom. The molecule has 0 bridgehead atoms. The van der Waals surface area contributed by atoms with Crippen LogP contribution in [0.4, 0.5) is 0 Å². The number of rotatable bonds is 4. The third kappa shape index (κ3) is 3.53. The van der Waals surface area contributed by atoms with Crippen molar-refractivity contribution >= 4 is 17.5 Å². The number of carbonyl (C=O) groups is 1. The van der Waals surface area contributed by atoms with Crippen LogP contribution in [0.25, 0.3) is 0 Å². The first-order chi connectivity index (χ1) is 6.24. The summed E-state index contributed by atoms with van der Waals surface area (Å²) in [4.78, 5) is 11.2. The zero-order valence-electron chi connectivity index (χ0n) is 7.88. The highest BCUT2D eigenvalue weighted by atomic mass is 35.5. The molecule has 1 aliphatic rings. The summed E-state index contributed by atoms with van der Waals surface area (Å²) in [7, 11) is 0. The standard InChI is InChI=1S/C9H16ClNO2/c1-7(8-3-5-13-6-8)11-9(12)2-4-10/h7-8H,2-6H2,1H3,(H,11,12). The molecule has 1 heterocycles. The van der Waals surface area contributed by atoms with Gasteiger partial charge in [-0.3, -0.25) is 4.79 Å². The monoisotopic (exact) mass is 205 g/mol. The Kier molecular flexibility index (Phi) is 4.53. The van der Waals surface area contributed by atoms with Crippen molar-refractivity contribution in [3.8, 4) is 0 Å². The van der Waals surface area contributed by atoms with E-state index in [0.29, 0.717) is 18.2 Å². The molecule has 1 saturated heterocycles. The van der Waals surface area contributed by atoms with Crippen molar-refractivity contribution in [3.63, 3.8) is 0 Å². The SMILES string of the molecule is CC(NC(=O)CCCl)C1CCOC1. The van der Waals surface area contributed by atoms with Crippen LogP contribution in [0.5, 0.6) is 0 Å². The molecule has 1 aliphatic heterocycles. The molecule has 0 spiro atoms. The second kappa shape index (κ2) is 5.45. The molecular formula is C9H16ClNO2. The summed E-state index contributed by atoms with van der Waals surface area (Å²) in [6, 6.07) is 0.207. The van der Waals surface area contributed by atoms with Gasteiger partial charge in [0.2, 0.25) is 5.91 Å². The minimum Gasteiger partial charge on any atom is -0.381 e. The van der Waals surface area contributed by atoms with Gasteiger partial charge < -0.3 is 10.1 Å². The summed E-state index contributed by atoms with van der Waals surface area (Å²) >= 11 is 5.45. The number of hydrogen-bond donors (Lipinski definition) is 1. The van der Waals surface area contributed by atoms with Crippen LogP contribution in [0.15, 0.2) is 0 Å². The van der Waals surface area contributed by atoms with Gasteiger partial charge in [-0.25, -0.2) is 0 Å². The maximum absolute atomic E-state index is 11.2. The highest BCUT2D eigenvalue weighted by Crippen LogP contribution is 2.16. The van der Waals surface area contributed by atoms with Crippen LogP contribution < -0.4 is 5.32 Å². The fourth-order valence-corrected chi connectivity index (χ4v) is 1.65. The van der Waals surface area contributed by atoms with Crippen LogP contribution in [0.3, 0.4) is 0 Å². The van der Waals surface area contributed by atoms with Crippen LogP contribution in [0, 0.1) is 5.92 Å². The van der Waals surface area contributed by atoms with Crippen LogP contribution >= 0.6 is 11.6 Å². The van der Waals surface area contributed by atoms with Crippen molar-refractivity contribution in [1.82, 2.24) is 5.32 Å². The number of nitrogens with one attached hydrogen (secondary N) is 1. The van der Waals surface area contributed by atoms with Gasteiger partial charge in [0.15, 0.2) is 0 Å². The third-order valence-electron chi connectivity index (χ3n) is 2.38. The van der Waals surface area contributed by atoms with Gasteiger partial charge in [-0.2, -0.15) is 0 Å². The van der Waals surface area contributed by atoms with Gasteiger partial charge in [-0.15, -0.1) is 11.6 Å². The lowest BCUT2D eigenvalue weighted by atomic mass is 10.0. The van der Waals surface area contributed by atoms with Gasteiger partial charge in [0.25, 0.3) is 0 Å². The van der Waals surface area contributed by atoms with Crippen molar-refractivity contribution in [2.75, 3.05) is 19.1 Å². The molecule has 2 atom stereocenters. The highest BCUT2D eigenvalue weighted by Gasteiger charge is 2.23. The molecule has 1 N–H and O–H groups in total. The van der Waals surface area contributed by atoms with Crippen LogP contribution in [-0.4, -0.2) is 31.0 Å². The number of ether oxygens (including phenoxy) is 1.